The van der Waals surface area contributed by atoms with Crippen molar-refractivity contribution in [2.24, 2.45) is 0 Å². The lowest BCUT2D eigenvalue weighted by Crippen LogP contribution is -2.23. The SMILES string of the molecule is CCOc1cc(CNCCOCCN(C)C)ccc1OC. The molecule has 0 amide bonds. The van der Waals surface area contributed by atoms with Gasteiger partial charge in [-0.2, -0.15) is 0 Å². The summed E-state index contributed by atoms with van der Waals surface area (Å²) in [6.45, 7) is 6.68. The number of nitrogens with one attached hydrogen (secondary N) is 1. The molecule has 1 aromatic rings. The van der Waals surface area contributed by atoms with Crippen molar-refractivity contribution < 1.29 is 14.2 Å². The lowest BCUT2D eigenvalue weighted by atomic mass is 10.2. The van der Waals surface area contributed by atoms with Crippen LogP contribution in [0, 0.1) is 0 Å². The molecule has 0 radical (unpaired) electrons. The molecule has 1 N–H and O–H groups in total. The third-order valence-corrected chi connectivity index (χ3v) is 2.96. The fraction of sp³-hybridized carbons (Fsp3) is 0.625. The Hall–Kier alpha value is -1.30. The van der Waals surface area contributed by atoms with Gasteiger partial charge >= 0.3 is 0 Å². The van der Waals surface area contributed by atoms with E-state index in [4.69, 9.17) is 14.2 Å². The Morgan fingerprint density at radius 3 is 2.62 bits per heavy atom. The first kappa shape index (κ1) is 17.8. The largest absolute Gasteiger partial charge is 0.493 e. The van der Waals surface area contributed by atoms with Crippen molar-refractivity contribution in [2.75, 3.05) is 54.1 Å². The molecule has 0 saturated carbocycles. The van der Waals surface area contributed by atoms with Crippen LogP contribution in [0.25, 0.3) is 0 Å². The summed E-state index contributed by atoms with van der Waals surface area (Å²) >= 11 is 0. The Labute approximate surface area is 128 Å². The van der Waals surface area contributed by atoms with Gasteiger partial charge < -0.3 is 24.4 Å². The van der Waals surface area contributed by atoms with E-state index in [1.165, 1.54) is 5.56 Å². The molecule has 0 aliphatic heterocycles. The van der Waals surface area contributed by atoms with E-state index in [1.807, 2.05) is 39.2 Å². The second kappa shape index (κ2) is 10.4. The summed E-state index contributed by atoms with van der Waals surface area (Å²) in [6, 6.07) is 6.00. The van der Waals surface area contributed by atoms with Crippen LogP contribution in [-0.2, 0) is 11.3 Å². The van der Waals surface area contributed by atoms with Gasteiger partial charge in [-0.3, -0.25) is 0 Å². The zero-order valence-corrected chi connectivity index (χ0v) is 13.6. The Morgan fingerprint density at radius 2 is 1.95 bits per heavy atom. The summed E-state index contributed by atoms with van der Waals surface area (Å²) in [5.41, 5.74) is 1.17. The lowest BCUT2D eigenvalue weighted by molar-refractivity contribution is 0.119. The van der Waals surface area contributed by atoms with E-state index in [0.717, 1.165) is 44.3 Å². The van der Waals surface area contributed by atoms with Crippen molar-refractivity contribution in [2.45, 2.75) is 13.5 Å². The molecular weight excluding hydrogens is 268 g/mol. The van der Waals surface area contributed by atoms with Crippen LogP contribution in [0.5, 0.6) is 11.5 Å². The number of rotatable bonds is 11. The van der Waals surface area contributed by atoms with Gasteiger partial charge in [-0.1, -0.05) is 6.07 Å². The van der Waals surface area contributed by atoms with Crippen LogP contribution in [0.3, 0.4) is 0 Å². The molecule has 21 heavy (non-hydrogen) atoms. The highest BCUT2D eigenvalue weighted by atomic mass is 16.5. The van der Waals surface area contributed by atoms with Crippen LogP contribution in [0.15, 0.2) is 18.2 Å². The molecule has 0 unspecified atom stereocenters. The molecule has 0 aromatic heterocycles. The maximum atomic E-state index is 5.57. The number of hydrogen-bond donors (Lipinski definition) is 1. The molecule has 0 aliphatic carbocycles. The minimum Gasteiger partial charge on any atom is -0.493 e. The van der Waals surface area contributed by atoms with Gasteiger partial charge in [0.05, 0.1) is 26.9 Å². The number of likely N-dealkylation sites (N-methyl/N-ethyl adjacent to an activating group) is 1. The summed E-state index contributed by atoms with van der Waals surface area (Å²) in [5.74, 6) is 1.56. The minimum absolute atomic E-state index is 0.632. The van der Waals surface area contributed by atoms with Gasteiger partial charge in [0.1, 0.15) is 0 Å². The molecule has 0 atom stereocenters. The molecule has 0 fully saturated rings. The van der Waals surface area contributed by atoms with E-state index >= 15 is 0 Å². The Morgan fingerprint density at radius 1 is 1.14 bits per heavy atom. The quantitative estimate of drug-likeness (QED) is 0.630. The fourth-order valence-electron chi connectivity index (χ4n) is 1.83. The highest BCUT2D eigenvalue weighted by Gasteiger charge is 2.04. The molecule has 0 bridgehead atoms. The standard InChI is InChI=1S/C16H28N2O3/c1-5-21-16-12-14(6-7-15(16)19-4)13-17-8-10-20-11-9-18(2)3/h6-7,12,17H,5,8-11,13H2,1-4H3. The molecule has 1 rings (SSSR count). The van der Waals surface area contributed by atoms with Crippen LogP contribution in [0.1, 0.15) is 12.5 Å². The van der Waals surface area contributed by atoms with Crippen molar-refractivity contribution in [1.82, 2.24) is 10.2 Å². The highest BCUT2D eigenvalue weighted by molar-refractivity contribution is 5.42. The average Bonchev–Trinajstić information content (AvgIpc) is 2.46. The van der Waals surface area contributed by atoms with Crippen molar-refractivity contribution >= 4 is 0 Å². The van der Waals surface area contributed by atoms with Gasteiger partial charge in [0.25, 0.3) is 0 Å². The van der Waals surface area contributed by atoms with Gasteiger partial charge in [0.15, 0.2) is 11.5 Å². The Kier molecular flexibility index (Phi) is 8.82. The van der Waals surface area contributed by atoms with Gasteiger partial charge in [-0.05, 0) is 38.7 Å². The molecule has 5 nitrogen and oxygen atoms in total. The number of methoxy groups -OCH3 is 1. The molecule has 5 heteroatoms. The molecule has 0 aliphatic rings. The van der Waals surface area contributed by atoms with Gasteiger partial charge in [-0.15, -0.1) is 0 Å². The van der Waals surface area contributed by atoms with Gasteiger partial charge in [0, 0.05) is 19.6 Å². The summed E-state index contributed by atoms with van der Waals surface area (Å²) < 4.78 is 16.4. The lowest BCUT2D eigenvalue weighted by Gasteiger charge is -2.12. The number of hydrogen-bond acceptors (Lipinski definition) is 5. The van der Waals surface area contributed by atoms with Crippen molar-refractivity contribution in [3.05, 3.63) is 23.8 Å². The first-order valence-corrected chi connectivity index (χ1v) is 7.40. The summed E-state index contributed by atoms with van der Waals surface area (Å²) in [6.07, 6.45) is 0. The van der Waals surface area contributed by atoms with Gasteiger partial charge in [0.2, 0.25) is 0 Å². The maximum Gasteiger partial charge on any atom is 0.161 e. The molecule has 0 heterocycles. The summed E-state index contributed by atoms with van der Waals surface area (Å²) in [5, 5.41) is 3.36. The van der Waals surface area contributed by atoms with Gasteiger partial charge in [-0.25, -0.2) is 0 Å². The number of ether oxygens (including phenoxy) is 3. The van der Waals surface area contributed by atoms with E-state index in [9.17, 15) is 0 Å². The smallest absolute Gasteiger partial charge is 0.161 e. The monoisotopic (exact) mass is 296 g/mol. The molecular formula is C16H28N2O3. The minimum atomic E-state index is 0.632. The normalized spacial score (nSPS) is 10.9. The summed E-state index contributed by atoms with van der Waals surface area (Å²) in [4.78, 5) is 2.11. The fourth-order valence-corrected chi connectivity index (χ4v) is 1.83. The molecule has 0 spiro atoms. The second-order valence-electron chi connectivity index (χ2n) is 5.01. The number of nitrogens with zero attached hydrogens (tertiary/aromatic N) is 1. The van der Waals surface area contributed by atoms with E-state index < -0.39 is 0 Å². The van der Waals surface area contributed by atoms with E-state index in [1.54, 1.807) is 7.11 Å². The molecule has 0 saturated heterocycles. The van der Waals surface area contributed by atoms with E-state index in [0.29, 0.717) is 6.61 Å². The Bertz CT molecular complexity index is 397. The number of benzene rings is 1. The van der Waals surface area contributed by atoms with Crippen LogP contribution in [0.2, 0.25) is 0 Å². The van der Waals surface area contributed by atoms with Crippen molar-refractivity contribution in [3.8, 4) is 11.5 Å². The molecule has 1 aromatic carbocycles. The van der Waals surface area contributed by atoms with Crippen LogP contribution < -0.4 is 14.8 Å². The maximum absolute atomic E-state index is 5.57. The van der Waals surface area contributed by atoms with Crippen molar-refractivity contribution in [1.29, 1.82) is 0 Å². The molecule has 120 valence electrons. The van der Waals surface area contributed by atoms with E-state index in [2.05, 4.69) is 10.2 Å². The zero-order valence-electron chi connectivity index (χ0n) is 13.6. The second-order valence-corrected chi connectivity index (χ2v) is 5.01. The third kappa shape index (κ3) is 7.32. The first-order chi connectivity index (χ1) is 10.2. The van der Waals surface area contributed by atoms with Crippen LogP contribution in [0.4, 0.5) is 0 Å². The highest BCUT2D eigenvalue weighted by Crippen LogP contribution is 2.27. The first-order valence-electron chi connectivity index (χ1n) is 7.40. The average molecular weight is 296 g/mol. The third-order valence-electron chi connectivity index (χ3n) is 2.96. The Balaban J connectivity index is 2.27. The predicted molar refractivity (Wildman–Crippen MR) is 85.2 cm³/mol. The van der Waals surface area contributed by atoms with Crippen molar-refractivity contribution in [3.63, 3.8) is 0 Å². The van der Waals surface area contributed by atoms with E-state index in [-0.39, 0.29) is 0 Å². The summed E-state index contributed by atoms with van der Waals surface area (Å²) in [7, 11) is 5.74. The van der Waals surface area contributed by atoms with Crippen LogP contribution >= 0.6 is 0 Å². The zero-order chi connectivity index (χ0) is 15.5. The topological polar surface area (TPSA) is 43.0 Å². The van der Waals surface area contributed by atoms with Crippen LogP contribution in [-0.4, -0.2) is 59.0 Å². The predicted octanol–water partition coefficient (Wildman–Crippen LogP) is 1.76.